The molecule has 0 amide bonds. The van der Waals surface area contributed by atoms with Crippen LogP contribution in [0.15, 0.2) is 5.38 Å². The van der Waals surface area contributed by atoms with Gasteiger partial charge in [-0.2, -0.15) is 4.31 Å². The quantitative estimate of drug-likeness (QED) is 0.836. The maximum Gasteiger partial charge on any atom is 0.214 e. The van der Waals surface area contributed by atoms with E-state index < -0.39 is 10.0 Å². The summed E-state index contributed by atoms with van der Waals surface area (Å²) in [5.41, 5.74) is 1.22. The van der Waals surface area contributed by atoms with Gasteiger partial charge in [0.1, 0.15) is 0 Å². The Labute approximate surface area is 128 Å². The van der Waals surface area contributed by atoms with Crippen LogP contribution >= 0.6 is 11.3 Å². The van der Waals surface area contributed by atoms with Crippen molar-refractivity contribution >= 4 is 21.4 Å². The molecule has 118 valence electrons. The molecule has 0 aromatic carbocycles. The van der Waals surface area contributed by atoms with Gasteiger partial charge >= 0.3 is 0 Å². The van der Waals surface area contributed by atoms with Crippen LogP contribution < -0.4 is 0 Å². The summed E-state index contributed by atoms with van der Waals surface area (Å²) in [6.45, 7) is 10.9. The minimum absolute atomic E-state index is 0. The number of nitrogens with zero attached hydrogens (tertiary/aromatic N) is 2. The number of aromatic nitrogens is 1. The lowest BCUT2D eigenvalue weighted by Gasteiger charge is -2.17. The van der Waals surface area contributed by atoms with Crippen LogP contribution in [-0.4, -0.2) is 36.0 Å². The predicted molar refractivity (Wildman–Crippen MR) is 87.9 cm³/mol. The van der Waals surface area contributed by atoms with Crippen molar-refractivity contribution in [3.8, 4) is 0 Å². The number of aryl methyl sites for hydroxylation is 1. The van der Waals surface area contributed by atoms with Crippen molar-refractivity contribution in [3.63, 3.8) is 0 Å². The molecule has 0 radical (unpaired) electrons. The Kier molecular flexibility index (Phi) is 7.91. The first kappa shape index (κ1) is 19.5. The molecule has 2 heterocycles. The van der Waals surface area contributed by atoms with Crippen LogP contribution in [0.5, 0.6) is 0 Å². The zero-order chi connectivity index (χ0) is 14.6. The molecule has 1 aliphatic heterocycles. The maximum absolute atomic E-state index is 11.1. The van der Waals surface area contributed by atoms with E-state index in [1.54, 1.807) is 15.6 Å². The highest BCUT2D eigenvalue weighted by atomic mass is 32.2. The Morgan fingerprint density at radius 3 is 2.10 bits per heavy atom. The second-order valence-corrected chi connectivity index (χ2v) is 8.42. The van der Waals surface area contributed by atoms with E-state index >= 15 is 0 Å². The van der Waals surface area contributed by atoms with Crippen LogP contribution in [0.4, 0.5) is 0 Å². The predicted octanol–water partition coefficient (Wildman–Crippen LogP) is 3.64. The fourth-order valence-electron chi connectivity index (χ4n) is 1.88. The first-order chi connectivity index (χ1) is 8.74. The van der Waals surface area contributed by atoms with E-state index in [0.717, 1.165) is 6.42 Å². The van der Waals surface area contributed by atoms with Crippen molar-refractivity contribution in [3.05, 3.63) is 16.1 Å². The summed E-state index contributed by atoms with van der Waals surface area (Å²) in [4.78, 5) is 4.33. The van der Waals surface area contributed by atoms with Gasteiger partial charge in [-0.15, -0.1) is 11.3 Å². The molecule has 0 unspecified atom stereocenters. The standard InChI is InChI=1S/C7H11NS.C6H13NO2S.CH4/c1-5(2)7-4-9-6(3)8-7;1-6(2)7-4-3-5-10(7,8)9;/h4-5H,1-3H3;6H,3-5H2,1-2H3;1H4. The summed E-state index contributed by atoms with van der Waals surface area (Å²) in [6.07, 6.45) is 0.792. The minimum atomic E-state index is -2.85. The molecule has 0 bridgehead atoms. The summed E-state index contributed by atoms with van der Waals surface area (Å²) in [7, 11) is -2.85. The highest BCUT2D eigenvalue weighted by Crippen LogP contribution is 2.16. The van der Waals surface area contributed by atoms with Crippen LogP contribution in [0.1, 0.15) is 58.2 Å². The van der Waals surface area contributed by atoms with Gasteiger partial charge in [0.25, 0.3) is 0 Å². The number of sulfonamides is 1. The molecule has 0 atom stereocenters. The smallest absolute Gasteiger partial charge is 0.214 e. The van der Waals surface area contributed by atoms with E-state index in [0.29, 0.717) is 18.2 Å². The summed E-state index contributed by atoms with van der Waals surface area (Å²) in [5.74, 6) is 0.917. The Morgan fingerprint density at radius 1 is 1.30 bits per heavy atom. The lowest BCUT2D eigenvalue weighted by molar-refractivity contribution is 0.381. The molecule has 0 aliphatic carbocycles. The molecule has 0 N–H and O–H groups in total. The highest BCUT2D eigenvalue weighted by Gasteiger charge is 2.29. The third-order valence-electron chi connectivity index (χ3n) is 2.94. The summed E-state index contributed by atoms with van der Waals surface area (Å²) >= 11 is 1.72. The summed E-state index contributed by atoms with van der Waals surface area (Å²) in [5, 5.41) is 3.29. The Hall–Kier alpha value is -0.460. The van der Waals surface area contributed by atoms with E-state index in [1.807, 2.05) is 20.8 Å². The average Bonchev–Trinajstić information content (AvgIpc) is 2.84. The normalized spacial score (nSPS) is 17.8. The van der Waals surface area contributed by atoms with Gasteiger partial charge in [0.05, 0.1) is 16.5 Å². The molecular formula is C14H28N2O2S2. The topological polar surface area (TPSA) is 50.3 Å². The van der Waals surface area contributed by atoms with Gasteiger partial charge in [-0.1, -0.05) is 21.3 Å². The molecule has 6 heteroatoms. The molecule has 1 fully saturated rings. The Morgan fingerprint density at radius 2 is 1.90 bits per heavy atom. The third kappa shape index (κ3) is 5.50. The molecule has 0 spiro atoms. The van der Waals surface area contributed by atoms with Gasteiger partial charge < -0.3 is 0 Å². The lowest BCUT2D eigenvalue weighted by Crippen LogP contribution is -2.32. The molecule has 2 rings (SSSR count). The number of rotatable bonds is 2. The van der Waals surface area contributed by atoms with Gasteiger partial charge in [0.15, 0.2) is 0 Å². The summed E-state index contributed by atoms with van der Waals surface area (Å²) in [6, 6.07) is 0.132. The van der Waals surface area contributed by atoms with Gasteiger partial charge in [-0.05, 0) is 33.1 Å². The zero-order valence-electron chi connectivity index (χ0n) is 12.4. The summed E-state index contributed by atoms with van der Waals surface area (Å²) < 4.78 is 23.8. The molecule has 1 saturated heterocycles. The van der Waals surface area contributed by atoms with Gasteiger partial charge in [-0.25, -0.2) is 13.4 Å². The SMILES string of the molecule is C.CC(C)N1CCCS1(=O)=O.Cc1nc(C(C)C)cs1. The van der Waals surface area contributed by atoms with Crippen LogP contribution in [-0.2, 0) is 10.0 Å². The van der Waals surface area contributed by atoms with Gasteiger partial charge in [0, 0.05) is 18.0 Å². The number of hydrogen-bond donors (Lipinski definition) is 0. The van der Waals surface area contributed by atoms with Crippen LogP contribution in [0.3, 0.4) is 0 Å². The monoisotopic (exact) mass is 320 g/mol. The van der Waals surface area contributed by atoms with E-state index in [9.17, 15) is 8.42 Å². The van der Waals surface area contributed by atoms with Gasteiger partial charge in [-0.3, -0.25) is 0 Å². The van der Waals surface area contributed by atoms with Crippen LogP contribution in [0, 0.1) is 6.92 Å². The van der Waals surface area contributed by atoms with E-state index in [4.69, 9.17) is 0 Å². The Bertz CT molecular complexity index is 493. The first-order valence-electron chi connectivity index (χ1n) is 6.65. The third-order valence-corrected chi connectivity index (χ3v) is 5.86. The second-order valence-electron chi connectivity index (χ2n) is 5.32. The van der Waals surface area contributed by atoms with Crippen molar-refractivity contribution in [2.45, 2.75) is 60.4 Å². The van der Waals surface area contributed by atoms with E-state index in [2.05, 4.69) is 24.2 Å². The van der Waals surface area contributed by atoms with Gasteiger partial charge in [0.2, 0.25) is 10.0 Å². The van der Waals surface area contributed by atoms with Crippen molar-refractivity contribution in [2.75, 3.05) is 12.3 Å². The molecule has 1 aliphatic rings. The van der Waals surface area contributed by atoms with Crippen molar-refractivity contribution in [1.82, 2.24) is 9.29 Å². The van der Waals surface area contributed by atoms with Crippen molar-refractivity contribution in [1.29, 1.82) is 0 Å². The Balaban J connectivity index is 0.000000345. The molecule has 20 heavy (non-hydrogen) atoms. The number of hydrogen-bond acceptors (Lipinski definition) is 4. The number of thiazole rings is 1. The van der Waals surface area contributed by atoms with Crippen molar-refractivity contribution in [2.24, 2.45) is 0 Å². The molecule has 1 aromatic rings. The lowest BCUT2D eigenvalue weighted by atomic mass is 10.2. The molecule has 1 aromatic heterocycles. The maximum atomic E-state index is 11.1. The van der Waals surface area contributed by atoms with E-state index in [-0.39, 0.29) is 13.5 Å². The van der Waals surface area contributed by atoms with Crippen LogP contribution in [0.25, 0.3) is 0 Å². The first-order valence-corrected chi connectivity index (χ1v) is 9.14. The minimum Gasteiger partial charge on any atom is -0.246 e. The average molecular weight is 321 g/mol. The zero-order valence-corrected chi connectivity index (χ0v) is 14.0. The molecule has 0 saturated carbocycles. The fourth-order valence-corrected chi connectivity index (χ4v) is 4.44. The fraction of sp³-hybridized carbons (Fsp3) is 0.786. The highest BCUT2D eigenvalue weighted by molar-refractivity contribution is 7.89. The van der Waals surface area contributed by atoms with E-state index in [1.165, 1.54) is 10.7 Å². The second kappa shape index (κ2) is 8.10. The van der Waals surface area contributed by atoms with Crippen LogP contribution in [0.2, 0.25) is 0 Å². The van der Waals surface area contributed by atoms with Crippen molar-refractivity contribution < 1.29 is 8.42 Å². The molecular weight excluding hydrogens is 292 g/mol. The largest absolute Gasteiger partial charge is 0.246 e. The molecule has 4 nitrogen and oxygen atoms in total.